The van der Waals surface area contributed by atoms with E-state index in [0.29, 0.717) is 31.5 Å². The molecule has 0 aromatic rings. The molecule has 4 nitrogen and oxygen atoms in total. The van der Waals surface area contributed by atoms with Crippen molar-refractivity contribution in [3.8, 4) is 0 Å². The summed E-state index contributed by atoms with van der Waals surface area (Å²) in [5.41, 5.74) is 0. The molecule has 1 aliphatic rings. The smallest absolute Gasteiger partial charge is 0.313 e. The van der Waals surface area contributed by atoms with Crippen molar-refractivity contribution >= 4 is 11.9 Å². The Morgan fingerprint density at radius 3 is 2.08 bits per heavy atom. The van der Waals surface area contributed by atoms with E-state index in [-0.39, 0.29) is 11.9 Å². The fourth-order valence-corrected chi connectivity index (χ4v) is 3.14. The van der Waals surface area contributed by atoms with Crippen LogP contribution in [0.25, 0.3) is 0 Å². The van der Waals surface area contributed by atoms with Gasteiger partial charge in [-0.1, -0.05) is 52.7 Å². The molecule has 4 unspecified atom stereocenters. The lowest BCUT2D eigenvalue weighted by Gasteiger charge is -2.25. The number of esters is 2. The van der Waals surface area contributed by atoms with Gasteiger partial charge in [0.15, 0.2) is 0 Å². The number of ether oxygens (including phenoxy) is 2. The van der Waals surface area contributed by atoms with E-state index in [2.05, 4.69) is 27.7 Å². The van der Waals surface area contributed by atoms with Gasteiger partial charge in [-0.05, 0) is 37.5 Å². The number of rotatable bonds is 10. The first-order chi connectivity index (χ1) is 11.5. The van der Waals surface area contributed by atoms with Gasteiger partial charge in [0.1, 0.15) is 0 Å². The first-order valence-electron chi connectivity index (χ1n) is 9.49. The van der Waals surface area contributed by atoms with Crippen LogP contribution in [0.2, 0.25) is 0 Å². The maximum absolute atomic E-state index is 12.4. The summed E-state index contributed by atoms with van der Waals surface area (Å²) in [6.07, 6.45) is 9.47. The molecule has 1 rings (SSSR count). The van der Waals surface area contributed by atoms with Crippen LogP contribution in [0, 0.1) is 23.7 Å². The SMILES string of the molecule is CCCC(C)COC(=O)C1C=CCCC1C(=O)OCC(C)CCC. The van der Waals surface area contributed by atoms with E-state index >= 15 is 0 Å². The van der Waals surface area contributed by atoms with Gasteiger partial charge in [-0.2, -0.15) is 0 Å². The number of hydrogen-bond donors (Lipinski definition) is 0. The maximum Gasteiger partial charge on any atom is 0.313 e. The highest BCUT2D eigenvalue weighted by atomic mass is 16.5. The molecule has 4 atom stereocenters. The molecule has 138 valence electrons. The Balaban J connectivity index is 2.54. The fourth-order valence-electron chi connectivity index (χ4n) is 3.14. The van der Waals surface area contributed by atoms with Crippen LogP contribution < -0.4 is 0 Å². The zero-order chi connectivity index (χ0) is 17.9. The van der Waals surface area contributed by atoms with Gasteiger partial charge in [-0.15, -0.1) is 0 Å². The molecule has 0 aromatic heterocycles. The van der Waals surface area contributed by atoms with Crippen LogP contribution in [-0.2, 0) is 19.1 Å². The van der Waals surface area contributed by atoms with Gasteiger partial charge in [-0.3, -0.25) is 9.59 Å². The van der Waals surface area contributed by atoms with Crippen molar-refractivity contribution in [2.75, 3.05) is 13.2 Å². The van der Waals surface area contributed by atoms with Crippen LogP contribution >= 0.6 is 0 Å². The number of carbonyl (C=O) groups excluding carboxylic acids is 2. The average Bonchev–Trinajstić information content (AvgIpc) is 2.58. The molecule has 0 aromatic carbocycles. The van der Waals surface area contributed by atoms with Gasteiger partial charge >= 0.3 is 11.9 Å². The monoisotopic (exact) mass is 338 g/mol. The molecule has 0 aliphatic heterocycles. The molecule has 0 N–H and O–H groups in total. The van der Waals surface area contributed by atoms with Crippen LogP contribution in [0.15, 0.2) is 12.2 Å². The topological polar surface area (TPSA) is 52.6 Å². The summed E-state index contributed by atoms with van der Waals surface area (Å²) in [6.45, 7) is 9.25. The Bertz CT molecular complexity index is 416. The van der Waals surface area contributed by atoms with Gasteiger partial charge in [0, 0.05) is 0 Å². The van der Waals surface area contributed by atoms with Crippen molar-refractivity contribution in [2.45, 2.75) is 66.2 Å². The van der Waals surface area contributed by atoms with Gasteiger partial charge in [0.05, 0.1) is 25.0 Å². The molecule has 0 saturated carbocycles. The first-order valence-corrected chi connectivity index (χ1v) is 9.49. The Morgan fingerprint density at radius 2 is 1.54 bits per heavy atom. The summed E-state index contributed by atoms with van der Waals surface area (Å²) >= 11 is 0. The molecule has 0 fully saturated rings. The molecule has 0 radical (unpaired) electrons. The normalized spacial score (nSPS) is 22.7. The van der Waals surface area contributed by atoms with E-state index in [4.69, 9.17) is 9.47 Å². The van der Waals surface area contributed by atoms with Crippen molar-refractivity contribution in [1.82, 2.24) is 0 Å². The second kappa shape index (κ2) is 11.3. The molecule has 0 bridgehead atoms. The van der Waals surface area contributed by atoms with E-state index in [0.717, 1.165) is 32.1 Å². The lowest BCUT2D eigenvalue weighted by molar-refractivity contribution is -0.160. The van der Waals surface area contributed by atoms with E-state index < -0.39 is 11.8 Å². The fraction of sp³-hybridized carbons (Fsp3) is 0.800. The van der Waals surface area contributed by atoms with Crippen LogP contribution in [0.5, 0.6) is 0 Å². The van der Waals surface area contributed by atoms with E-state index in [9.17, 15) is 9.59 Å². The average molecular weight is 338 g/mol. The van der Waals surface area contributed by atoms with Crippen molar-refractivity contribution in [1.29, 1.82) is 0 Å². The third-order valence-corrected chi connectivity index (χ3v) is 4.58. The third-order valence-electron chi connectivity index (χ3n) is 4.58. The summed E-state index contributed by atoms with van der Waals surface area (Å²) < 4.78 is 10.9. The minimum atomic E-state index is -0.499. The molecule has 4 heteroatoms. The summed E-state index contributed by atoms with van der Waals surface area (Å²) in [5, 5.41) is 0. The van der Waals surface area contributed by atoms with Crippen molar-refractivity contribution < 1.29 is 19.1 Å². The van der Waals surface area contributed by atoms with Gasteiger partial charge in [-0.25, -0.2) is 0 Å². The number of hydrogen-bond acceptors (Lipinski definition) is 4. The molecule has 24 heavy (non-hydrogen) atoms. The molecule has 0 saturated heterocycles. The summed E-state index contributed by atoms with van der Waals surface area (Å²) in [4.78, 5) is 24.8. The second-order valence-electron chi connectivity index (χ2n) is 7.19. The molecule has 1 aliphatic carbocycles. The van der Waals surface area contributed by atoms with Gasteiger partial charge < -0.3 is 9.47 Å². The van der Waals surface area contributed by atoms with Gasteiger partial charge in [0.2, 0.25) is 0 Å². The van der Waals surface area contributed by atoms with Crippen LogP contribution in [0.4, 0.5) is 0 Å². The first kappa shape index (κ1) is 20.7. The number of allylic oxidation sites excluding steroid dienone is 1. The molecule has 0 heterocycles. The maximum atomic E-state index is 12.4. The molecular weight excluding hydrogens is 304 g/mol. The van der Waals surface area contributed by atoms with E-state index in [1.165, 1.54) is 0 Å². The summed E-state index contributed by atoms with van der Waals surface area (Å²) in [6, 6.07) is 0. The quantitative estimate of drug-likeness (QED) is 0.434. The Morgan fingerprint density at radius 1 is 1.00 bits per heavy atom. The highest BCUT2D eigenvalue weighted by Gasteiger charge is 2.35. The lowest BCUT2D eigenvalue weighted by Crippen LogP contribution is -2.34. The zero-order valence-corrected chi connectivity index (χ0v) is 15.8. The molecule has 0 spiro atoms. The largest absolute Gasteiger partial charge is 0.465 e. The van der Waals surface area contributed by atoms with E-state index in [1.807, 2.05) is 12.2 Å². The Labute approximate surface area is 147 Å². The predicted octanol–water partition coefficient (Wildman–Crippen LogP) is 4.53. The lowest BCUT2D eigenvalue weighted by atomic mass is 9.84. The van der Waals surface area contributed by atoms with Crippen molar-refractivity contribution in [3.05, 3.63) is 12.2 Å². The Hall–Kier alpha value is -1.32. The zero-order valence-electron chi connectivity index (χ0n) is 15.8. The molecular formula is C20H34O4. The minimum absolute atomic E-state index is 0.258. The summed E-state index contributed by atoms with van der Waals surface area (Å²) in [7, 11) is 0. The third kappa shape index (κ3) is 7.06. The van der Waals surface area contributed by atoms with Gasteiger partial charge in [0.25, 0.3) is 0 Å². The predicted molar refractivity (Wildman–Crippen MR) is 95.4 cm³/mol. The minimum Gasteiger partial charge on any atom is -0.465 e. The van der Waals surface area contributed by atoms with Crippen LogP contribution in [0.1, 0.15) is 66.2 Å². The number of carbonyl (C=O) groups is 2. The van der Waals surface area contributed by atoms with Crippen molar-refractivity contribution in [3.63, 3.8) is 0 Å². The Kier molecular flexibility index (Phi) is 9.73. The molecule has 0 amide bonds. The van der Waals surface area contributed by atoms with E-state index in [1.54, 1.807) is 0 Å². The van der Waals surface area contributed by atoms with Crippen LogP contribution in [0.3, 0.4) is 0 Å². The van der Waals surface area contributed by atoms with Crippen molar-refractivity contribution in [2.24, 2.45) is 23.7 Å². The van der Waals surface area contributed by atoms with Crippen LogP contribution in [-0.4, -0.2) is 25.2 Å². The second-order valence-corrected chi connectivity index (χ2v) is 7.19. The highest BCUT2D eigenvalue weighted by molar-refractivity contribution is 5.83. The summed E-state index contributed by atoms with van der Waals surface area (Å²) in [5.74, 6) is -0.743. The highest BCUT2D eigenvalue weighted by Crippen LogP contribution is 2.28. The standard InChI is InChI=1S/C20H34O4/c1-5-9-15(3)13-23-19(21)17-11-7-8-12-18(17)20(22)24-14-16(4)10-6-2/h7,11,15-18H,5-6,8-10,12-14H2,1-4H3.